The summed E-state index contributed by atoms with van der Waals surface area (Å²) in [6.07, 6.45) is 14.6. The van der Waals surface area contributed by atoms with E-state index in [1.807, 2.05) is 6.92 Å². The minimum absolute atomic E-state index is 0.189. The minimum atomic E-state index is -4.58. The fraction of sp³-hybridized carbons (Fsp3) is 0.926. The summed E-state index contributed by atoms with van der Waals surface area (Å²) in [4.78, 5) is 34.0. The zero-order valence-corrected chi connectivity index (χ0v) is 24.5. The Kier molecular flexibility index (Phi) is 24.3. The molecule has 0 aromatic heterocycles. The van der Waals surface area contributed by atoms with Gasteiger partial charge < -0.3 is 24.6 Å². The van der Waals surface area contributed by atoms with Crippen LogP contribution >= 0.6 is 7.82 Å². The van der Waals surface area contributed by atoms with E-state index in [-0.39, 0.29) is 19.4 Å². The molecule has 0 aliphatic carbocycles. The molecule has 1 unspecified atom stereocenters. The number of phosphoric ester groups is 1. The molecule has 0 aromatic carbocycles. The minimum Gasteiger partial charge on any atom is -0.462 e. The van der Waals surface area contributed by atoms with Gasteiger partial charge in [-0.05, 0) is 12.8 Å². The molecule has 0 radical (unpaired) electrons. The second-order valence-electron chi connectivity index (χ2n) is 9.79. The summed E-state index contributed by atoms with van der Waals surface area (Å²) in [7, 11) is -4.58. The van der Waals surface area contributed by atoms with Gasteiger partial charge in [0.1, 0.15) is 12.7 Å². The van der Waals surface area contributed by atoms with Crippen molar-refractivity contribution in [2.24, 2.45) is 0 Å². The van der Waals surface area contributed by atoms with Crippen molar-refractivity contribution in [1.29, 1.82) is 0 Å². The van der Waals surface area contributed by atoms with Gasteiger partial charge in [0.15, 0.2) is 6.10 Å². The second kappa shape index (κ2) is 25.0. The highest BCUT2D eigenvalue weighted by Crippen LogP contribution is 2.43. The molecule has 0 aromatic rings. The summed E-state index contributed by atoms with van der Waals surface area (Å²) in [5, 5.41) is 18.1. The van der Waals surface area contributed by atoms with Crippen LogP contribution in [0.2, 0.25) is 0 Å². The summed E-state index contributed by atoms with van der Waals surface area (Å²) in [5.74, 6) is -0.952. The number of aliphatic hydroxyl groups excluding tert-OH is 2. The van der Waals surface area contributed by atoms with Crippen molar-refractivity contribution in [2.45, 2.75) is 135 Å². The van der Waals surface area contributed by atoms with E-state index in [0.717, 1.165) is 32.1 Å². The maximum absolute atomic E-state index is 12.3. The molecule has 0 saturated heterocycles. The zero-order valence-electron chi connectivity index (χ0n) is 23.7. The molecule has 10 nitrogen and oxygen atoms in total. The fourth-order valence-corrected chi connectivity index (χ4v) is 4.49. The Morgan fingerprint density at radius 3 is 1.68 bits per heavy atom. The largest absolute Gasteiger partial charge is 0.472 e. The molecule has 0 aliphatic heterocycles. The first-order valence-corrected chi connectivity index (χ1v) is 16.0. The Labute approximate surface area is 229 Å². The van der Waals surface area contributed by atoms with Crippen LogP contribution in [0.1, 0.15) is 123 Å². The third kappa shape index (κ3) is 24.0. The molecule has 0 amide bonds. The highest BCUT2D eigenvalue weighted by molar-refractivity contribution is 7.47. The highest BCUT2D eigenvalue weighted by atomic mass is 31.2. The number of phosphoric acid groups is 1. The summed E-state index contributed by atoms with van der Waals surface area (Å²) in [6, 6.07) is 0. The Bertz CT molecular complexity index is 631. The molecular formula is C27H53O10P. The maximum atomic E-state index is 12.3. The van der Waals surface area contributed by atoms with Crippen molar-refractivity contribution in [3.63, 3.8) is 0 Å². The number of rotatable bonds is 27. The molecule has 226 valence electrons. The first-order valence-electron chi connectivity index (χ1n) is 14.5. The Morgan fingerprint density at radius 1 is 0.684 bits per heavy atom. The summed E-state index contributed by atoms with van der Waals surface area (Å²) in [6.45, 7) is 2.14. The van der Waals surface area contributed by atoms with Gasteiger partial charge in [-0.3, -0.25) is 18.6 Å². The van der Waals surface area contributed by atoms with Crippen LogP contribution in [0, 0.1) is 0 Å². The summed E-state index contributed by atoms with van der Waals surface area (Å²) >= 11 is 0. The number of hydrogen-bond acceptors (Lipinski definition) is 9. The number of carbonyl (C=O) groups excluding carboxylic acids is 2. The summed E-state index contributed by atoms with van der Waals surface area (Å²) < 4.78 is 32.0. The van der Waals surface area contributed by atoms with Gasteiger partial charge >= 0.3 is 19.8 Å². The number of ether oxygens (including phenoxy) is 2. The molecule has 0 heterocycles. The van der Waals surface area contributed by atoms with Crippen molar-refractivity contribution in [3.8, 4) is 0 Å². The average Bonchev–Trinajstić information content (AvgIpc) is 2.89. The predicted octanol–water partition coefficient (Wildman–Crippen LogP) is 5.60. The smallest absolute Gasteiger partial charge is 0.462 e. The van der Waals surface area contributed by atoms with Crippen LogP contribution in [0.4, 0.5) is 0 Å². The number of hydrogen-bond donors (Lipinski definition) is 3. The van der Waals surface area contributed by atoms with E-state index in [4.69, 9.17) is 19.1 Å². The molecule has 0 fully saturated rings. The first-order chi connectivity index (χ1) is 18.2. The average molecular weight is 569 g/mol. The number of esters is 2. The number of carbonyl (C=O) groups is 2. The van der Waals surface area contributed by atoms with E-state index >= 15 is 0 Å². The van der Waals surface area contributed by atoms with Gasteiger partial charge in [0, 0.05) is 12.8 Å². The van der Waals surface area contributed by atoms with E-state index < -0.39 is 51.8 Å². The van der Waals surface area contributed by atoms with Gasteiger partial charge in [-0.15, -0.1) is 0 Å². The first kappa shape index (κ1) is 37.0. The van der Waals surface area contributed by atoms with Crippen molar-refractivity contribution < 1.29 is 47.8 Å². The number of aliphatic hydroxyl groups is 2. The highest BCUT2D eigenvalue weighted by Gasteiger charge is 2.27. The van der Waals surface area contributed by atoms with E-state index in [1.54, 1.807) is 0 Å². The lowest BCUT2D eigenvalue weighted by Gasteiger charge is -2.20. The normalized spacial score (nSPS) is 14.6. The van der Waals surface area contributed by atoms with Crippen LogP contribution in [0.25, 0.3) is 0 Å². The molecule has 0 spiro atoms. The van der Waals surface area contributed by atoms with Crippen molar-refractivity contribution >= 4 is 19.8 Å². The molecule has 38 heavy (non-hydrogen) atoms. The fourth-order valence-electron chi connectivity index (χ4n) is 3.70. The van der Waals surface area contributed by atoms with Crippen LogP contribution < -0.4 is 0 Å². The van der Waals surface area contributed by atoms with Crippen molar-refractivity contribution in [1.82, 2.24) is 0 Å². The molecule has 0 bridgehead atoms. The monoisotopic (exact) mass is 568 g/mol. The van der Waals surface area contributed by atoms with Crippen LogP contribution in [0.5, 0.6) is 0 Å². The molecule has 3 N–H and O–H groups in total. The Hall–Kier alpha value is -1.03. The molecule has 11 heteroatoms. The molecular weight excluding hydrogens is 515 g/mol. The van der Waals surface area contributed by atoms with Gasteiger partial charge in [-0.1, -0.05) is 97.3 Å². The SMILES string of the molecule is CCCCCCCCCCCCCCC(=O)O[C@H](COC(=O)CCCCC)COP(=O)(O)OC[C@@H](O)CO. The predicted molar refractivity (Wildman–Crippen MR) is 145 cm³/mol. The van der Waals surface area contributed by atoms with E-state index in [1.165, 1.54) is 51.4 Å². The summed E-state index contributed by atoms with van der Waals surface area (Å²) in [5.41, 5.74) is 0. The van der Waals surface area contributed by atoms with Crippen LogP contribution in [0.15, 0.2) is 0 Å². The molecule has 0 saturated carbocycles. The maximum Gasteiger partial charge on any atom is 0.472 e. The van der Waals surface area contributed by atoms with Gasteiger partial charge in [-0.25, -0.2) is 4.57 Å². The van der Waals surface area contributed by atoms with Crippen molar-refractivity contribution in [3.05, 3.63) is 0 Å². The van der Waals surface area contributed by atoms with E-state index in [0.29, 0.717) is 12.8 Å². The third-order valence-corrected chi connectivity index (χ3v) is 6.96. The lowest BCUT2D eigenvalue weighted by Crippen LogP contribution is -2.29. The van der Waals surface area contributed by atoms with Crippen LogP contribution in [-0.4, -0.2) is 65.7 Å². The zero-order chi connectivity index (χ0) is 28.5. The molecule has 0 rings (SSSR count). The van der Waals surface area contributed by atoms with Crippen molar-refractivity contribution in [2.75, 3.05) is 26.4 Å². The topological polar surface area (TPSA) is 149 Å². The third-order valence-electron chi connectivity index (χ3n) is 6.01. The lowest BCUT2D eigenvalue weighted by molar-refractivity contribution is -0.161. The van der Waals surface area contributed by atoms with Gasteiger partial charge in [-0.2, -0.15) is 0 Å². The van der Waals surface area contributed by atoms with Crippen LogP contribution in [0.3, 0.4) is 0 Å². The number of unbranched alkanes of at least 4 members (excludes halogenated alkanes) is 13. The van der Waals surface area contributed by atoms with Gasteiger partial charge in [0.2, 0.25) is 0 Å². The Balaban J connectivity index is 4.35. The van der Waals surface area contributed by atoms with E-state index in [2.05, 4.69) is 11.4 Å². The standard InChI is InChI=1S/C27H53O10P/c1-3-5-7-8-9-10-11-12-13-14-15-17-19-27(31)37-25(22-34-26(30)18-16-6-4-2)23-36-38(32,33)35-21-24(29)20-28/h24-25,28-29H,3-23H2,1-2H3,(H,32,33)/t24-,25+/m0/s1. The van der Waals surface area contributed by atoms with Gasteiger partial charge in [0.25, 0.3) is 0 Å². The van der Waals surface area contributed by atoms with Crippen LogP contribution in [-0.2, 0) is 32.7 Å². The van der Waals surface area contributed by atoms with Gasteiger partial charge in [0.05, 0.1) is 19.8 Å². The molecule has 3 atom stereocenters. The second-order valence-corrected chi connectivity index (χ2v) is 11.2. The molecule has 0 aliphatic rings. The lowest BCUT2D eigenvalue weighted by atomic mass is 10.0. The van der Waals surface area contributed by atoms with E-state index in [9.17, 15) is 24.2 Å². The quantitative estimate of drug-likeness (QED) is 0.0649. The Morgan fingerprint density at radius 2 is 1.13 bits per heavy atom.